The molecular formula is C25H24N4O2. The summed E-state index contributed by atoms with van der Waals surface area (Å²) >= 11 is 0. The van der Waals surface area contributed by atoms with E-state index in [0.29, 0.717) is 5.56 Å². The van der Waals surface area contributed by atoms with Crippen molar-refractivity contribution in [3.05, 3.63) is 102 Å². The summed E-state index contributed by atoms with van der Waals surface area (Å²) in [4.78, 5) is 12.4. The molecule has 1 amide bonds. The average molecular weight is 412 g/mol. The number of amides is 1. The van der Waals surface area contributed by atoms with Crippen molar-refractivity contribution in [1.82, 2.24) is 14.6 Å². The van der Waals surface area contributed by atoms with E-state index < -0.39 is 0 Å². The van der Waals surface area contributed by atoms with Gasteiger partial charge in [0.25, 0.3) is 5.91 Å². The first-order valence-electron chi connectivity index (χ1n) is 9.96. The van der Waals surface area contributed by atoms with E-state index in [9.17, 15) is 4.79 Å². The van der Waals surface area contributed by atoms with Crippen molar-refractivity contribution in [3.63, 3.8) is 0 Å². The summed E-state index contributed by atoms with van der Waals surface area (Å²) in [6.45, 7) is 4.12. The number of aryl methyl sites for hydroxylation is 2. The highest BCUT2D eigenvalue weighted by Gasteiger charge is 2.07. The molecule has 31 heavy (non-hydrogen) atoms. The number of hydrogen-bond acceptors (Lipinski definition) is 3. The van der Waals surface area contributed by atoms with Gasteiger partial charge < -0.3 is 13.9 Å². The first-order chi connectivity index (χ1) is 15.0. The van der Waals surface area contributed by atoms with Crippen LogP contribution in [-0.2, 0) is 0 Å². The van der Waals surface area contributed by atoms with Crippen LogP contribution in [0.3, 0.4) is 0 Å². The second-order valence-corrected chi connectivity index (χ2v) is 7.25. The molecule has 4 aromatic rings. The van der Waals surface area contributed by atoms with Crippen molar-refractivity contribution in [2.24, 2.45) is 5.10 Å². The lowest BCUT2D eigenvalue weighted by atomic mass is 10.2. The molecule has 0 aliphatic carbocycles. The maximum Gasteiger partial charge on any atom is 0.271 e. The van der Waals surface area contributed by atoms with Gasteiger partial charge in [-0.1, -0.05) is 0 Å². The van der Waals surface area contributed by atoms with Crippen LogP contribution in [0.2, 0.25) is 0 Å². The van der Waals surface area contributed by atoms with E-state index in [2.05, 4.69) is 41.1 Å². The monoisotopic (exact) mass is 412 g/mol. The van der Waals surface area contributed by atoms with Crippen LogP contribution in [0.15, 0.2) is 84.2 Å². The number of aromatic nitrogens is 2. The van der Waals surface area contributed by atoms with Crippen LogP contribution >= 0.6 is 0 Å². The standard InChI is InChI=1S/C25H24N4O2/c1-18-4-5-19(2)29(18)23-8-6-21(7-9-23)25(30)27-26-16-20-14-15-28(17-20)22-10-12-24(31-3)13-11-22/h4-17H,1-3H3,(H,27,30)/b26-16-. The fraction of sp³-hybridized carbons (Fsp3) is 0.120. The molecule has 0 unspecified atom stereocenters. The summed E-state index contributed by atoms with van der Waals surface area (Å²) in [6.07, 6.45) is 5.50. The van der Waals surface area contributed by atoms with Crippen LogP contribution in [0, 0.1) is 13.8 Å². The molecule has 0 fully saturated rings. The fourth-order valence-electron chi connectivity index (χ4n) is 3.47. The molecule has 6 heteroatoms. The van der Waals surface area contributed by atoms with E-state index >= 15 is 0 Å². The number of nitrogens with one attached hydrogen (secondary N) is 1. The van der Waals surface area contributed by atoms with E-state index in [1.165, 1.54) is 0 Å². The van der Waals surface area contributed by atoms with Gasteiger partial charge in [-0.2, -0.15) is 5.10 Å². The summed E-state index contributed by atoms with van der Waals surface area (Å²) in [6, 6.07) is 21.3. The van der Waals surface area contributed by atoms with E-state index in [1.54, 1.807) is 25.5 Å². The van der Waals surface area contributed by atoms with Crippen molar-refractivity contribution in [3.8, 4) is 17.1 Å². The highest BCUT2D eigenvalue weighted by molar-refractivity contribution is 5.95. The minimum absolute atomic E-state index is 0.252. The number of hydrazone groups is 1. The maximum atomic E-state index is 12.4. The molecule has 1 N–H and O–H groups in total. The molecule has 0 atom stereocenters. The number of rotatable bonds is 6. The molecule has 0 aliphatic heterocycles. The van der Waals surface area contributed by atoms with Crippen molar-refractivity contribution in [2.45, 2.75) is 13.8 Å². The Kier molecular flexibility index (Phi) is 5.71. The van der Waals surface area contributed by atoms with Gasteiger partial charge in [0.2, 0.25) is 0 Å². The van der Waals surface area contributed by atoms with Crippen LogP contribution in [0.4, 0.5) is 0 Å². The molecule has 2 heterocycles. The number of carbonyl (C=O) groups excluding carboxylic acids is 1. The van der Waals surface area contributed by atoms with Crippen LogP contribution in [0.1, 0.15) is 27.3 Å². The molecule has 0 radical (unpaired) electrons. The highest BCUT2D eigenvalue weighted by Crippen LogP contribution is 2.17. The quantitative estimate of drug-likeness (QED) is 0.370. The number of hydrogen-bond donors (Lipinski definition) is 1. The number of ether oxygens (including phenoxy) is 1. The van der Waals surface area contributed by atoms with Gasteiger partial charge in [0, 0.05) is 46.3 Å². The first kappa shape index (κ1) is 20.2. The molecule has 156 valence electrons. The Hall–Kier alpha value is -4.06. The molecule has 0 aliphatic rings. The van der Waals surface area contributed by atoms with Crippen LogP contribution < -0.4 is 10.2 Å². The van der Waals surface area contributed by atoms with Crippen molar-refractivity contribution >= 4 is 12.1 Å². The van der Waals surface area contributed by atoms with Crippen molar-refractivity contribution in [2.75, 3.05) is 7.11 Å². The smallest absolute Gasteiger partial charge is 0.271 e. The third-order valence-electron chi connectivity index (χ3n) is 5.12. The average Bonchev–Trinajstić information content (AvgIpc) is 3.40. The Balaban J connectivity index is 1.39. The Labute approximate surface area is 181 Å². The zero-order valence-corrected chi connectivity index (χ0v) is 17.7. The third-order valence-corrected chi connectivity index (χ3v) is 5.12. The van der Waals surface area contributed by atoms with Gasteiger partial charge in [-0.3, -0.25) is 4.79 Å². The van der Waals surface area contributed by atoms with Gasteiger partial charge in [0.15, 0.2) is 0 Å². The Bertz CT molecular complexity index is 1200. The predicted octanol–water partition coefficient (Wildman–Crippen LogP) is 4.66. The lowest BCUT2D eigenvalue weighted by Crippen LogP contribution is -2.17. The molecule has 0 saturated heterocycles. The second kappa shape index (κ2) is 8.75. The van der Waals surface area contributed by atoms with E-state index in [0.717, 1.165) is 34.1 Å². The van der Waals surface area contributed by atoms with Crippen LogP contribution in [0.5, 0.6) is 5.75 Å². The summed E-state index contributed by atoms with van der Waals surface area (Å²) in [7, 11) is 1.64. The molecular weight excluding hydrogens is 388 g/mol. The molecule has 0 bridgehead atoms. The van der Waals surface area contributed by atoms with Crippen molar-refractivity contribution in [1.29, 1.82) is 0 Å². The summed E-state index contributed by atoms with van der Waals surface area (Å²) in [5.41, 5.74) is 8.37. The van der Waals surface area contributed by atoms with E-state index in [4.69, 9.17) is 4.74 Å². The van der Waals surface area contributed by atoms with E-state index in [1.807, 2.05) is 59.4 Å². The Morgan fingerprint density at radius 2 is 1.55 bits per heavy atom. The molecule has 2 aromatic carbocycles. The second-order valence-electron chi connectivity index (χ2n) is 7.25. The van der Waals surface area contributed by atoms with Crippen molar-refractivity contribution < 1.29 is 9.53 Å². The summed E-state index contributed by atoms with van der Waals surface area (Å²) < 4.78 is 9.31. The minimum Gasteiger partial charge on any atom is -0.497 e. The topological polar surface area (TPSA) is 60.5 Å². The van der Waals surface area contributed by atoms with Gasteiger partial charge in [0.05, 0.1) is 13.3 Å². The molecule has 0 spiro atoms. The minimum atomic E-state index is -0.252. The molecule has 0 saturated carbocycles. The largest absolute Gasteiger partial charge is 0.497 e. The van der Waals surface area contributed by atoms with Gasteiger partial charge in [-0.15, -0.1) is 0 Å². The fourth-order valence-corrected chi connectivity index (χ4v) is 3.47. The SMILES string of the molecule is COc1ccc(-n2ccc(/C=N\NC(=O)c3ccc(-n4c(C)ccc4C)cc3)c2)cc1. The zero-order valence-electron chi connectivity index (χ0n) is 17.7. The third kappa shape index (κ3) is 4.43. The molecule has 4 rings (SSSR count). The first-order valence-corrected chi connectivity index (χ1v) is 9.96. The van der Waals surface area contributed by atoms with Gasteiger partial charge in [0.1, 0.15) is 5.75 Å². The maximum absolute atomic E-state index is 12.4. The van der Waals surface area contributed by atoms with Gasteiger partial charge in [-0.25, -0.2) is 5.43 Å². The number of benzene rings is 2. The van der Waals surface area contributed by atoms with Gasteiger partial charge in [-0.05, 0) is 80.6 Å². The zero-order chi connectivity index (χ0) is 21.8. The lowest BCUT2D eigenvalue weighted by molar-refractivity contribution is 0.0955. The highest BCUT2D eigenvalue weighted by atomic mass is 16.5. The number of nitrogens with zero attached hydrogens (tertiary/aromatic N) is 3. The Morgan fingerprint density at radius 1 is 0.903 bits per heavy atom. The summed E-state index contributed by atoms with van der Waals surface area (Å²) in [5, 5.41) is 4.09. The van der Waals surface area contributed by atoms with Crippen LogP contribution in [0.25, 0.3) is 11.4 Å². The number of methoxy groups -OCH3 is 1. The van der Waals surface area contributed by atoms with Gasteiger partial charge >= 0.3 is 0 Å². The lowest BCUT2D eigenvalue weighted by Gasteiger charge is -2.10. The number of carbonyl (C=O) groups is 1. The Morgan fingerprint density at radius 3 is 2.19 bits per heavy atom. The molecule has 2 aromatic heterocycles. The molecule has 6 nitrogen and oxygen atoms in total. The normalized spacial score (nSPS) is 11.1. The predicted molar refractivity (Wildman–Crippen MR) is 123 cm³/mol. The van der Waals surface area contributed by atoms with Crippen LogP contribution in [-0.4, -0.2) is 28.4 Å². The van der Waals surface area contributed by atoms with E-state index in [-0.39, 0.29) is 5.91 Å². The summed E-state index contributed by atoms with van der Waals surface area (Å²) in [5.74, 6) is 0.561.